The number of fused-ring (bicyclic) bond motifs is 1. The van der Waals surface area contributed by atoms with Gasteiger partial charge in [-0.3, -0.25) is 19.6 Å². The summed E-state index contributed by atoms with van der Waals surface area (Å²) in [6.45, 7) is 7.46. The van der Waals surface area contributed by atoms with E-state index in [0.717, 1.165) is 59.0 Å². The van der Waals surface area contributed by atoms with Gasteiger partial charge in [0.05, 0.1) is 29.3 Å². The molecule has 1 aliphatic rings. The Bertz CT molecular complexity index is 1240. The van der Waals surface area contributed by atoms with Crippen LogP contribution in [0.2, 0.25) is 0 Å². The van der Waals surface area contributed by atoms with Gasteiger partial charge in [-0.2, -0.15) is 10.2 Å². The fraction of sp³-hybridized carbons (Fsp3) is 0.318. The molecule has 0 bridgehead atoms. The molecule has 1 aliphatic heterocycles. The normalized spacial score (nSPS) is 14.4. The van der Waals surface area contributed by atoms with Crippen LogP contribution >= 0.6 is 0 Å². The van der Waals surface area contributed by atoms with Crippen LogP contribution in [0.4, 0.5) is 5.82 Å². The number of nitrogens with one attached hydrogen (secondary N) is 1. The molecule has 9 nitrogen and oxygen atoms in total. The summed E-state index contributed by atoms with van der Waals surface area (Å²) in [6.07, 6.45) is 5.62. The van der Waals surface area contributed by atoms with Gasteiger partial charge in [0.2, 0.25) is 5.91 Å². The second-order valence-corrected chi connectivity index (χ2v) is 7.65. The highest BCUT2D eigenvalue weighted by molar-refractivity contribution is 5.93. The predicted octanol–water partition coefficient (Wildman–Crippen LogP) is 2.57. The fourth-order valence-corrected chi connectivity index (χ4v) is 3.92. The van der Waals surface area contributed by atoms with Crippen LogP contribution in [0.1, 0.15) is 13.8 Å². The topological polar surface area (TPSA) is 95.8 Å². The van der Waals surface area contributed by atoms with Gasteiger partial charge in [-0.1, -0.05) is 6.07 Å². The maximum absolute atomic E-state index is 11.6. The van der Waals surface area contributed by atoms with Crippen molar-refractivity contribution in [2.75, 3.05) is 31.1 Å². The van der Waals surface area contributed by atoms with Crippen molar-refractivity contribution in [1.29, 1.82) is 0 Å². The number of pyridine rings is 2. The van der Waals surface area contributed by atoms with Crippen LogP contribution in [0.15, 0.2) is 42.9 Å². The number of H-pyrrole nitrogens is 1. The summed E-state index contributed by atoms with van der Waals surface area (Å²) in [6, 6.07) is 8.02. The van der Waals surface area contributed by atoms with Gasteiger partial charge in [0, 0.05) is 56.8 Å². The van der Waals surface area contributed by atoms with Crippen molar-refractivity contribution in [3.05, 3.63) is 42.9 Å². The zero-order valence-corrected chi connectivity index (χ0v) is 17.6. The van der Waals surface area contributed by atoms with Crippen molar-refractivity contribution in [3.63, 3.8) is 0 Å². The first-order chi connectivity index (χ1) is 15.1. The SMILES string of the molecule is CCn1cc(-c2cc3c(-c4cccc(N5CCN(C(C)=O)CC5)n4)n[nH]c3cn2)cn1. The maximum Gasteiger partial charge on any atom is 0.219 e. The number of aryl methyl sites for hydroxylation is 1. The summed E-state index contributed by atoms with van der Waals surface area (Å²) in [5.41, 5.74) is 4.29. The number of carbonyl (C=O) groups excluding carboxylic acids is 1. The summed E-state index contributed by atoms with van der Waals surface area (Å²) in [7, 11) is 0. The van der Waals surface area contributed by atoms with E-state index in [1.54, 1.807) is 13.1 Å². The summed E-state index contributed by atoms with van der Waals surface area (Å²) in [5, 5.41) is 12.9. The van der Waals surface area contributed by atoms with E-state index in [-0.39, 0.29) is 5.91 Å². The lowest BCUT2D eigenvalue weighted by Crippen LogP contribution is -2.48. The number of rotatable bonds is 4. The van der Waals surface area contributed by atoms with Gasteiger partial charge in [-0.05, 0) is 25.1 Å². The van der Waals surface area contributed by atoms with Gasteiger partial charge in [0.15, 0.2) is 0 Å². The van der Waals surface area contributed by atoms with Crippen LogP contribution < -0.4 is 4.90 Å². The zero-order valence-electron chi connectivity index (χ0n) is 17.6. The highest BCUT2D eigenvalue weighted by Gasteiger charge is 2.20. The third-order valence-electron chi connectivity index (χ3n) is 5.73. The van der Waals surface area contributed by atoms with Gasteiger partial charge in [0.1, 0.15) is 11.5 Å². The van der Waals surface area contributed by atoms with E-state index in [0.29, 0.717) is 13.1 Å². The molecule has 0 unspecified atom stereocenters. The fourth-order valence-electron chi connectivity index (χ4n) is 3.92. The molecule has 0 spiro atoms. The average molecular weight is 416 g/mol. The molecule has 1 saturated heterocycles. The van der Waals surface area contributed by atoms with Gasteiger partial charge in [0.25, 0.3) is 0 Å². The van der Waals surface area contributed by atoms with Crippen LogP contribution in [-0.2, 0) is 11.3 Å². The van der Waals surface area contributed by atoms with Crippen molar-refractivity contribution >= 4 is 22.6 Å². The number of amides is 1. The summed E-state index contributed by atoms with van der Waals surface area (Å²) in [5.74, 6) is 1.02. The van der Waals surface area contributed by atoms with Crippen LogP contribution in [0, 0.1) is 0 Å². The third kappa shape index (κ3) is 3.63. The first-order valence-electron chi connectivity index (χ1n) is 10.5. The van der Waals surface area contributed by atoms with Crippen LogP contribution in [0.3, 0.4) is 0 Å². The number of hydrogen-bond acceptors (Lipinski definition) is 6. The first kappa shape index (κ1) is 19.2. The maximum atomic E-state index is 11.6. The molecule has 158 valence electrons. The number of nitrogens with zero attached hydrogens (tertiary/aromatic N) is 7. The summed E-state index contributed by atoms with van der Waals surface area (Å²) in [4.78, 5) is 25.1. The number of aromatic amines is 1. The van der Waals surface area contributed by atoms with E-state index < -0.39 is 0 Å². The van der Waals surface area contributed by atoms with Crippen LogP contribution in [0.5, 0.6) is 0 Å². The van der Waals surface area contributed by atoms with E-state index in [9.17, 15) is 4.79 Å². The summed E-state index contributed by atoms with van der Waals surface area (Å²) < 4.78 is 1.88. The van der Waals surface area contributed by atoms with Gasteiger partial charge in [-0.15, -0.1) is 0 Å². The van der Waals surface area contributed by atoms with Gasteiger partial charge in [-0.25, -0.2) is 4.98 Å². The Morgan fingerprint density at radius 2 is 1.97 bits per heavy atom. The first-order valence-corrected chi connectivity index (χ1v) is 10.5. The second kappa shape index (κ2) is 7.82. The Balaban J connectivity index is 1.46. The molecule has 1 amide bonds. The molecule has 1 N–H and O–H groups in total. The Morgan fingerprint density at radius 1 is 1.13 bits per heavy atom. The Kier molecular flexibility index (Phi) is 4.85. The van der Waals surface area contributed by atoms with E-state index in [1.165, 1.54) is 0 Å². The van der Waals surface area contributed by atoms with Gasteiger partial charge >= 0.3 is 0 Å². The molecule has 0 aliphatic carbocycles. The largest absolute Gasteiger partial charge is 0.353 e. The molecular weight excluding hydrogens is 392 g/mol. The van der Waals surface area contributed by atoms with E-state index in [4.69, 9.17) is 4.98 Å². The molecule has 0 saturated carbocycles. The molecule has 0 radical (unpaired) electrons. The standard InChI is InChI=1S/C22H24N8O/c1-3-30-14-16(12-24-30)19-11-17-20(13-23-19)26-27-22(17)18-5-4-6-21(25-18)29-9-7-28(8-10-29)15(2)31/h4-6,11-14H,3,7-10H2,1-2H3,(H,26,27). The number of carbonyl (C=O) groups is 1. The van der Waals surface area contributed by atoms with Crippen molar-refractivity contribution < 1.29 is 4.79 Å². The van der Waals surface area contributed by atoms with Crippen molar-refractivity contribution in [2.45, 2.75) is 20.4 Å². The minimum Gasteiger partial charge on any atom is -0.353 e. The lowest BCUT2D eigenvalue weighted by molar-refractivity contribution is -0.129. The molecular formula is C22H24N8O. The molecule has 5 heterocycles. The monoisotopic (exact) mass is 416 g/mol. The zero-order chi connectivity index (χ0) is 21.4. The average Bonchev–Trinajstić information content (AvgIpc) is 3.46. The molecule has 9 heteroatoms. The Morgan fingerprint density at radius 3 is 2.71 bits per heavy atom. The van der Waals surface area contributed by atoms with E-state index in [1.807, 2.05) is 46.2 Å². The Labute approximate surface area is 179 Å². The molecule has 0 atom stereocenters. The lowest BCUT2D eigenvalue weighted by atomic mass is 10.1. The number of aromatic nitrogens is 6. The Hall–Kier alpha value is -3.75. The van der Waals surface area contributed by atoms with E-state index in [2.05, 4.69) is 32.1 Å². The number of anilines is 1. The van der Waals surface area contributed by atoms with Crippen LogP contribution in [0.25, 0.3) is 33.5 Å². The molecule has 1 fully saturated rings. The highest BCUT2D eigenvalue weighted by atomic mass is 16.2. The van der Waals surface area contributed by atoms with Crippen molar-refractivity contribution in [1.82, 2.24) is 34.8 Å². The molecule has 4 aromatic heterocycles. The second-order valence-electron chi connectivity index (χ2n) is 7.65. The van der Waals surface area contributed by atoms with Crippen molar-refractivity contribution in [2.24, 2.45) is 0 Å². The molecule has 31 heavy (non-hydrogen) atoms. The minimum absolute atomic E-state index is 0.123. The minimum atomic E-state index is 0.123. The highest BCUT2D eigenvalue weighted by Crippen LogP contribution is 2.29. The molecule has 5 rings (SSSR count). The van der Waals surface area contributed by atoms with Crippen molar-refractivity contribution in [3.8, 4) is 22.6 Å². The lowest BCUT2D eigenvalue weighted by Gasteiger charge is -2.35. The van der Waals surface area contributed by atoms with Gasteiger partial charge < -0.3 is 9.80 Å². The quantitative estimate of drug-likeness (QED) is 0.549. The third-order valence-corrected chi connectivity index (χ3v) is 5.73. The summed E-state index contributed by atoms with van der Waals surface area (Å²) >= 11 is 0. The van der Waals surface area contributed by atoms with E-state index >= 15 is 0 Å². The van der Waals surface area contributed by atoms with Crippen LogP contribution in [-0.4, -0.2) is 66.9 Å². The molecule has 4 aromatic rings. The predicted molar refractivity (Wildman–Crippen MR) is 118 cm³/mol. The smallest absolute Gasteiger partial charge is 0.219 e. The number of hydrogen-bond donors (Lipinski definition) is 1. The molecule has 0 aromatic carbocycles. The number of piperazine rings is 1.